The summed E-state index contributed by atoms with van der Waals surface area (Å²) in [5, 5.41) is 12.4. The fourth-order valence-corrected chi connectivity index (χ4v) is 8.55. The summed E-state index contributed by atoms with van der Waals surface area (Å²) in [4.78, 5) is 10.6. The van der Waals surface area contributed by atoms with Crippen molar-refractivity contribution < 1.29 is 5.11 Å². The molecule has 0 unspecified atom stereocenters. The molecule has 1 N–H and O–H groups in total. The highest BCUT2D eigenvalue weighted by atomic mass is 16.3. The van der Waals surface area contributed by atoms with Crippen molar-refractivity contribution in [2.24, 2.45) is 5.41 Å². The Kier molecular flexibility index (Phi) is 11.3. The van der Waals surface area contributed by atoms with E-state index in [1.54, 1.807) is 0 Å². The molecule has 0 atom stereocenters. The number of hydrogen-bond donors (Lipinski definition) is 1. The first kappa shape index (κ1) is 43.4. The second-order valence-corrected chi connectivity index (χ2v) is 20.6. The van der Waals surface area contributed by atoms with E-state index in [9.17, 15) is 5.11 Å². The number of hydrogen-bond acceptors (Lipinski definition) is 3. The zero-order valence-corrected chi connectivity index (χ0v) is 39.3. The predicted molar refractivity (Wildman–Crippen MR) is 267 cm³/mol. The summed E-state index contributed by atoms with van der Waals surface area (Å²) in [5.74, 6) is 1.35. The van der Waals surface area contributed by atoms with Gasteiger partial charge >= 0.3 is 0 Å². The van der Waals surface area contributed by atoms with Crippen LogP contribution in [0.4, 0.5) is 0 Å². The van der Waals surface area contributed by atoms with Crippen molar-refractivity contribution in [3.05, 3.63) is 168 Å². The Labute approximate surface area is 375 Å². The van der Waals surface area contributed by atoms with Crippen LogP contribution in [0.3, 0.4) is 0 Å². The summed E-state index contributed by atoms with van der Waals surface area (Å²) < 4.78 is 2.30. The molecule has 4 heteroatoms. The minimum atomic E-state index is -0.135. The van der Waals surface area contributed by atoms with Gasteiger partial charge in [0.05, 0.1) is 28.0 Å². The Hall–Kier alpha value is -6.26. The number of benzene rings is 6. The maximum Gasteiger partial charge on any atom is 0.149 e. The van der Waals surface area contributed by atoms with Crippen molar-refractivity contribution in [2.75, 3.05) is 0 Å². The molecule has 0 amide bonds. The molecule has 320 valence electrons. The molecule has 0 fully saturated rings. The van der Waals surface area contributed by atoms with Crippen molar-refractivity contribution in [1.29, 1.82) is 0 Å². The molecule has 0 aliphatic carbocycles. The number of para-hydroxylation sites is 1. The van der Waals surface area contributed by atoms with Crippen LogP contribution in [0, 0.1) is 5.41 Å². The molecule has 0 spiro atoms. The summed E-state index contributed by atoms with van der Waals surface area (Å²) in [7, 11) is 0. The van der Waals surface area contributed by atoms with Gasteiger partial charge in [0.15, 0.2) is 0 Å². The number of phenolic OH excluding ortho intramolecular Hbond substituents is 1. The molecule has 63 heavy (non-hydrogen) atoms. The molecular formula is C59H63N3O. The summed E-state index contributed by atoms with van der Waals surface area (Å²) >= 11 is 0. The lowest BCUT2D eigenvalue weighted by molar-refractivity contribution is 0.225. The largest absolute Gasteiger partial charge is 0.507 e. The Morgan fingerprint density at radius 3 is 1.83 bits per heavy atom. The van der Waals surface area contributed by atoms with Gasteiger partial charge in [0.25, 0.3) is 0 Å². The van der Waals surface area contributed by atoms with Gasteiger partial charge in [-0.2, -0.15) is 0 Å². The third-order valence-electron chi connectivity index (χ3n) is 13.6. The Balaban J connectivity index is 1.45. The highest BCUT2D eigenvalue weighted by Crippen LogP contribution is 2.47. The fraction of sp³-hybridized carbons (Fsp3) is 0.288. The van der Waals surface area contributed by atoms with Crippen molar-refractivity contribution >= 4 is 11.0 Å². The first-order valence-electron chi connectivity index (χ1n) is 22.6. The van der Waals surface area contributed by atoms with Crippen molar-refractivity contribution in [2.45, 2.75) is 106 Å². The lowest BCUT2D eigenvalue weighted by Gasteiger charge is -2.40. The first-order valence-corrected chi connectivity index (χ1v) is 22.6. The van der Waals surface area contributed by atoms with E-state index in [1.807, 2.05) is 6.20 Å². The van der Waals surface area contributed by atoms with E-state index >= 15 is 0 Å². The monoisotopic (exact) mass is 829 g/mol. The van der Waals surface area contributed by atoms with Crippen molar-refractivity contribution in [1.82, 2.24) is 14.5 Å². The highest BCUT2D eigenvalue weighted by Gasteiger charge is 2.35. The maximum absolute atomic E-state index is 12.4. The van der Waals surface area contributed by atoms with Crippen LogP contribution >= 0.6 is 0 Å². The molecule has 0 bridgehead atoms. The van der Waals surface area contributed by atoms with E-state index in [2.05, 4.69) is 227 Å². The van der Waals surface area contributed by atoms with E-state index in [0.29, 0.717) is 5.82 Å². The van der Waals surface area contributed by atoms with Crippen LogP contribution < -0.4 is 0 Å². The van der Waals surface area contributed by atoms with Gasteiger partial charge in [-0.05, 0) is 121 Å². The smallest absolute Gasteiger partial charge is 0.149 e. The maximum atomic E-state index is 12.4. The second-order valence-electron chi connectivity index (χ2n) is 20.6. The molecule has 2 heterocycles. The zero-order valence-electron chi connectivity index (χ0n) is 39.3. The molecular weight excluding hydrogens is 767 g/mol. The number of fused-ring (bicyclic) bond motifs is 1. The third kappa shape index (κ3) is 8.24. The average molecular weight is 830 g/mol. The molecule has 6 aromatic carbocycles. The minimum Gasteiger partial charge on any atom is -0.507 e. The average Bonchev–Trinajstić information content (AvgIpc) is 3.65. The molecule has 0 saturated heterocycles. The molecule has 2 aromatic heterocycles. The van der Waals surface area contributed by atoms with E-state index in [-0.39, 0.29) is 33.8 Å². The van der Waals surface area contributed by atoms with Crippen LogP contribution in [-0.2, 0) is 10.8 Å². The number of phenols is 1. The molecule has 4 nitrogen and oxygen atoms in total. The number of pyridine rings is 1. The van der Waals surface area contributed by atoms with Crippen LogP contribution in [0.2, 0.25) is 0 Å². The topological polar surface area (TPSA) is 50.9 Å². The van der Waals surface area contributed by atoms with Gasteiger partial charge in [0, 0.05) is 22.9 Å². The van der Waals surface area contributed by atoms with E-state index < -0.39 is 0 Å². The Morgan fingerprint density at radius 2 is 1.19 bits per heavy atom. The Bertz CT molecular complexity index is 2940. The standard InChI is InChI=1S/C59H63N3O/c1-37(2)42-33-48(38(3)4)55(63)50(34-42)56-61-54-47(43-30-44(32-46(31-43)57(5,6)7)51-35-41(28-29-60-51)39-20-15-13-16-21-39)24-19-25-53(54)62(56)52-27-26-45(59(11,12)58(8,9)10)36-49(52)40-22-17-14-18-23-40/h13-38,63H,1-12H3. The van der Waals surface area contributed by atoms with Gasteiger partial charge in [-0.25, -0.2) is 4.98 Å². The number of rotatable bonds is 9. The molecule has 0 radical (unpaired) electrons. The first-order chi connectivity index (χ1) is 29.8. The second kappa shape index (κ2) is 16.5. The summed E-state index contributed by atoms with van der Waals surface area (Å²) in [5.41, 5.74) is 16.5. The number of imidazole rings is 1. The summed E-state index contributed by atoms with van der Waals surface area (Å²) in [6, 6.07) is 50.2. The lowest BCUT2D eigenvalue weighted by Crippen LogP contribution is -2.34. The molecule has 8 aromatic rings. The summed E-state index contributed by atoms with van der Waals surface area (Å²) in [6.45, 7) is 27.2. The van der Waals surface area contributed by atoms with Crippen LogP contribution in [0.15, 0.2) is 146 Å². The number of nitrogens with zero attached hydrogens (tertiary/aromatic N) is 3. The normalized spacial score (nSPS) is 12.5. The van der Waals surface area contributed by atoms with E-state index in [1.165, 1.54) is 16.7 Å². The number of aromatic nitrogens is 3. The van der Waals surface area contributed by atoms with Crippen LogP contribution in [0.25, 0.3) is 72.7 Å². The highest BCUT2D eigenvalue weighted by molar-refractivity contribution is 5.98. The van der Waals surface area contributed by atoms with Gasteiger partial charge in [0.1, 0.15) is 11.6 Å². The van der Waals surface area contributed by atoms with Gasteiger partial charge in [-0.15, -0.1) is 0 Å². The lowest BCUT2D eigenvalue weighted by atomic mass is 9.65. The van der Waals surface area contributed by atoms with Gasteiger partial charge < -0.3 is 5.11 Å². The van der Waals surface area contributed by atoms with Crippen LogP contribution in [0.5, 0.6) is 5.75 Å². The molecule has 0 aliphatic heterocycles. The summed E-state index contributed by atoms with van der Waals surface area (Å²) in [6.07, 6.45) is 1.91. The van der Waals surface area contributed by atoms with E-state index in [0.717, 1.165) is 72.5 Å². The fourth-order valence-electron chi connectivity index (χ4n) is 8.55. The molecule has 8 rings (SSSR count). The molecule has 0 aliphatic rings. The SMILES string of the molecule is CC(C)c1cc(-c2nc3c(-c4cc(-c5cc(-c6ccccc6)ccn5)cc(C(C)(C)C)c4)cccc3n2-c2ccc(C(C)(C)C(C)(C)C)cc2-c2ccccc2)c(O)c(C(C)C)c1. The van der Waals surface area contributed by atoms with Crippen molar-refractivity contribution in [3.8, 4) is 67.5 Å². The van der Waals surface area contributed by atoms with Crippen molar-refractivity contribution in [3.63, 3.8) is 0 Å². The van der Waals surface area contributed by atoms with Gasteiger partial charge in [-0.1, -0.05) is 174 Å². The Morgan fingerprint density at radius 1 is 0.524 bits per heavy atom. The third-order valence-corrected chi connectivity index (χ3v) is 13.6. The van der Waals surface area contributed by atoms with Crippen LogP contribution in [-0.4, -0.2) is 19.6 Å². The van der Waals surface area contributed by atoms with Gasteiger partial charge in [0.2, 0.25) is 0 Å². The number of aromatic hydroxyl groups is 1. The predicted octanol–water partition coefficient (Wildman–Crippen LogP) is 16.3. The van der Waals surface area contributed by atoms with Crippen LogP contribution in [0.1, 0.15) is 117 Å². The van der Waals surface area contributed by atoms with E-state index in [4.69, 9.17) is 9.97 Å². The molecule has 0 saturated carbocycles. The zero-order chi connectivity index (χ0) is 45.0. The minimum absolute atomic E-state index is 0.0133. The van der Waals surface area contributed by atoms with Gasteiger partial charge in [-0.3, -0.25) is 9.55 Å². The quantitative estimate of drug-likeness (QED) is 0.158.